The van der Waals surface area contributed by atoms with Gasteiger partial charge in [0.15, 0.2) is 0 Å². The summed E-state index contributed by atoms with van der Waals surface area (Å²) in [6.07, 6.45) is -0.263. The third kappa shape index (κ3) is 4.19. The second-order valence-corrected chi connectivity index (χ2v) is 4.86. The van der Waals surface area contributed by atoms with E-state index in [0.29, 0.717) is 10.6 Å². The molecule has 0 heterocycles. The van der Waals surface area contributed by atoms with E-state index in [0.717, 1.165) is 6.92 Å². The van der Waals surface area contributed by atoms with E-state index in [9.17, 15) is 19.5 Å². The molecule has 0 radical (unpaired) electrons. The summed E-state index contributed by atoms with van der Waals surface area (Å²) in [6, 6.07) is 6.39. The van der Waals surface area contributed by atoms with Crippen molar-refractivity contribution in [3.8, 4) is 0 Å². The zero-order chi connectivity index (χ0) is 16.0. The molecular formula is C14H16ClNO5. The van der Waals surface area contributed by atoms with Crippen molar-refractivity contribution in [1.29, 1.82) is 0 Å². The first-order valence-corrected chi connectivity index (χ1v) is 6.63. The minimum atomic E-state index is -2.17. The highest BCUT2D eigenvalue weighted by molar-refractivity contribution is 6.30. The Hall–Kier alpha value is -2.08. The molecule has 1 unspecified atom stereocenters. The molecule has 0 aliphatic heterocycles. The summed E-state index contributed by atoms with van der Waals surface area (Å²) in [5.41, 5.74) is -1.68. The highest BCUT2D eigenvalue weighted by atomic mass is 35.5. The lowest BCUT2D eigenvalue weighted by atomic mass is 9.90. The van der Waals surface area contributed by atoms with Crippen molar-refractivity contribution in [2.24, 2.45) is 0 Å². The Morgan fingerprint density at radius 1 is 1.38 bits per heavy atom. The molecule has 114 valence electrons. The number of carboxylic acids is 1. The first kappa shape index (κ1) is 17.0. The Morgan fingerprint density at radius 3 is 2.52 bits per heavy atom. The van der Waals surface area contributed by atoms with Crippen LogP contribution in [0.4, 0.5) is 0 Å². The highest BCUT2D eigenvalue weighted by Gasteiger charge is 2.48. The third-order valence-electron chi connectivity index (χ3n) is 2.74. The molecular weight excluding hydrogens is 298 g/mol. The van der Waals surface area contributed by atoms with Gasteiger partial charge in [-0.15, -0.1) is 0 Å². The summed E-state index contributed by atoms with van der Waals surface area (Å²) in [5.74, 6) is -3.16. The van der Waals surface area contributed by atoms with Gasteiger partial charge >= 0.3 is 11.9 Å². The third-order valence-corrected chi connectivity index (χ3v) is 2.97. The number of carbonyl (C=O) groups is 3. The number of amides is 1. The van der Waals surface area contributed by atoms with Gasteiger partial charge in [0, 0.05) is 18.4 Å². The average Bonchev–Trinajstić information content (AvgIpc) is 2.37. The second-order valence-electron chi connectivity index (χ2n) is 4.42. The summed E-state index contributed by atoms with van der Waals surface area (Å²) in [5, 5.41) is 12.0. The van der Waals surface area contributed by atoms with E-state index in [1.807, 2.05) is 0 Å². The molecule has 0 bridgehead atoms. The number of ether oxygens (including phenoxy) is 1. The number of nitrogens with one attached hydrogen (secondary N) is 1. The van der Waals surface area contributed by atoms with Gasteiger partial charge in [0.2, 0.25) is 11.4 Å². The van der Waals surface area contributed by atoms with E-state index >= 15 is 0 Å². The maximum atomic E-state index is 12.1. The van der Waals surface area contributed by atoms with Crippen molar-refractivity contribution in [1.82, 2.24) is 5.32 Å². The second kappa shape index (κ2) is 7.08. The van der Waals surface area contributed by atoms with Gasteiger partial charge in [0.05, 0.1) is 6.61 Å². The fraction of sp³-hybridized carbons (Fsp3) is 0.357. The molecule has 21 heavy (non-hydrogen) atoms. The molecule has 2 N–H and O–H groups in total. The minimum absolute atomic E-state index is 0.00297. The van der Waals surface area contributed by atoms with Gasteiger partial charge in [0.1, 0.15) is 0 Å². The van der Waals surface area contributed by atoms with E-state index in [4.69, 9.17) is 16.3 Å². The maximum absolute atomic E-state index is 12.1. The Kier molecular flexibility index (Phi) is 5.72. The fourth-order valence-electron chi connectivity index (χ4n) is 1.89. The predicted octanol–water partition coefficient (Wildman–Crippen LogP) is 1.41. The lowest BCUT2D eigenvalue weighted by Crippen LogP contribution is -2.61. The Morgan fingerprint density at radius 2 is 2.05 bits per heavy atom. The molecule has 1 atom stereocenters. The number of carboxylic acid groups (broad SMARTS) is 1. The van der Waals surface area contributed by atoms with Gasteiger partial charge in [-0.05, 0) is 24.6 Å². The zero-order valence-corrected chi connectivity index (χ0v) is 12.4. The number of carbonyl (C=O) groups excluding carboxylic acids is 2. The van der Waals surface area contributed by atoms with Crippen LogP contribution in [-0.4, -0.2) is 35.1 Å². The van der Waals surface area contributed by atoms with Crippen LogP contribution < -0.4 is 5.32 Å². The lowest BCUT2D eigenvalue weighted by Gasteiger charge is -2.27. The van der Waals surface area contributed by atoms with Crippen molar-refractivity contribution in [2.45, 2.75) is 25.8 Å². The number of esters is 1. The normalized spacial score (nSPS) is 13.1. The van der Waals surface area contributed by atoms with Crippen LogP contribution in [0.5, 0.6) is 0 Å². The van der Waals surface area contributed by atoms with E-state index < -0.39 is 23.4 Å². The highest BCUT2D eigenvalue weighted by Crippen LogP contribution is 2.19. The number of hydrogen-bond acceptors (Lipinski definition) is 4. The number of halogens is 1. The molecule has 0 aliphatic rings. The van der Waals surface area contributed by atoms with Gasteiger partial charge in [-0.2, -0.15) is 0 Å². The van der Waals surface area contributed by atoms with E-state index in [1.54, 1.807) is 25.1 Å². The van der Waals surface area contributed by atoms with Crippen LogP contribution in [0.1, 0.15) is 19.4 Å². The maximum Gasteiger partial charge on any atom is 0.344 e. The lowest BCUT2D eigenvalue weighted by molar-refractivity contribution is -0.164. The van der Waals surface area contributed by atoms with Gasteiger partial charge < -0.3 is 15.2 Å². The van der Waals surface area contributed by atoms with Crippen LogP contribution in [0.3, 0.4) is 0 Å². The Balaban J connectivity index is 3.24. The van der Waals surface area contributed by atoms with Crippen molar-refractivity contribution >= 4 is 29.4 Å². The zero-order valence-electron chi connectivity index (χ0n) is 11.7. The van der Waals surface area contributed by atoms with E-state index in [1.165, 1.54) is 6.07 Å². The number of rotatable bonds is 6. The van der Waals surface area contributed by atoms with Crippen LogP contribution in [0.2, 0.25) is 5.02 Å². The van der Waals surface area contributed by atoms with E-state index in [-0.39, 0.29) is 13.0 Å². The minimum Gasteiger partial charge on any atom is -0.479 e. The number of aliphatic carboxylic acids is 1. The summed E-state index contributed by atoms with van der Waals surface area (Å²) in [4.78, 5) is 35.0. The Labute approximate surface area is 127 Å². The monoisotopic (exact) mass is 313 g/mol. The molecule has 1 amide bonds. The first-order valence-electron chi connectivity index (χ1n) is 6.25. The number of hydrogen-bond donors (Lipinski definition) is 2. The molecule has 0 fully saturated rings. The van der Waals surface area contributed by atoms with Crippen LogP contribution in [0, 0.1) is 0 Å². The van der Waals surface area contributed by atoms with Gasteiger partial charge in [0.25, 0.3) is 0 Å². The van der Waals surface area contributed by atoms with Crippen LogP contribution in [0.25, 0.3) is 0 Å². The summed E-state index contributed by atoms with van der Waals surface area (Å²) < 4.78 is 4.80. The summed E-state index contributed by atoms with van der Waals surface area (Å²) >= 11 is 5.85. The predicted molar refractivity (Wildman–Crippen MR) is 76.0 cm³/mol. The molecule has 0 saturated heterocycles. The largest absolute Gasteiger partial charge is 0.479 e. The molecule has 7 heteroatoms. The smallest absolute Gasteiger partial charge is 0.344 e. The molecule has 1 rings (SSSR count). The van der Waals surface area contributed by atoms with Crippen molar-refractivity contribution < 1.29 is 24.2 Å². The van der Waals surface area contributed by atoms with Gasteiger partial charge in [-0.3, -0.25) is 4.79 Å². The SMILES string of the molecule is CCOC(=O)C(Cc1cccc(Cl)c1)(NC(C)=O)C(=O)O. The fourth-order valence-corrected chi connectivity index (χ4v) is 2.10. The number of benzene rings is 1. The molecule has 1 aromatic carbocycles. The van der Waals surface area contributed by atoms with E-state index in [2.05, 4.69) is 5.32 Å². The average molecular weight is 314 g/mol. The van der Waals surface area contributed by atoms with Crippen molar-refractivity contribution in [2.75, 3.05) is 6.61 Å². The summed E-state index contributed by atoms with van der Waals surface area (Å²) in [6.45, 7) is 2.69. The van der Waals surface area contributed by atoms with Crippen molar-refractivity contribution in [3.63, 3.8) is 0 Å². The van der Waals surface area contributed by atoms with Crippen LogP contribution >= 0.6 is 11.6 Å². The molecule has 0 aromatic heterocycles. The van der Waals surface area contributed by atoms with Crippen LogP contribution in [-0.2, 0) is 25.5 Å². The topological polar surface area (TPSA) is 92.7 Å². The summed E-state index contributed by atoms with van der Waals surface area (Å²) in [7, 11) is 0. The quantitative estimate of drug-likeness (QED) is 0.612. The Bertz CT molecular complexity index is 560. The molecule has 0 spiro atoms. The molecule has 6 nitrogen and oxygen atoms in total. The van der Waals surface area contributed by atoms with Gasteiger partial charge in [-0.1, -0.05) is 23.7 Å². The van der Waals surface area contributed by atoms with Crippen molar-refractivity contribution in [3.05, 3.63) is 34.9 Å². The van der Waals surface area contributed by atoms with Crippen LogP contribution in [0.15, 0.2) is 24.3 Å². The molecule has 1 aromatic rings. The van der Waals surface area contributed by atoms with Gasteiger partial charge in [-0.25, -0.2) is 9.59 Å². The first-order chi connectivity index (χ1) is 9.81. The molecule has 0 aliphatic carbocycles. The molecule has 0 saturated carbocycles. The standard InChI is InChI=1S/C14H16ClNO5/c1-3-21-13(20)14(12(18)19,16-9(2)17)8-10-5-4-6-11(15)7-10/h4-7H,3,8H2,1-2H3,(H,16,17)(H,18,19).